The van der Waals surface area contributed by atoms with Gasteiger partial charge in [0.05, 0.1) is 12.1 Å². The second kappa shape index (κ2) is 12.0. The molecule has 6 nitrogen and oxygen atoms in total. The molecule has 4 rings (SSSR count). The lowest BCUT2D eigenvalue weighted by molar-refractivity contribution is -0.143. The highest BCUT2D eigenvalue weighted by atomic mass is 16.2. The van der Waals surface area contributed by atoms with Crippen molar-refractivity contribution < 1.29 is 9.59 Å². The van der Waals surface area contributed by atoms with E-state index in [-0.39, 0.29) is 36.0 Å². The second-order valence-electron chi connectivity index (χ2n) is 11.0. The molecular weight excluding hydrogens is 448 g/mol. The third-order valence-electron chi connectivity index (χ3n) is 7.75. The maximum absolute atomic E-state index is 13.9. The summed E-state index contributed by atoms with van der Waals surface area (Å²) in [5, 5.41) is 3.20. The summed E-state index contributed by atoms with van der Waals surface area (Å²) in [6, 6.07) is 19.9. The first-order valence-corrected chi connectivity index (χ1v) is 13.5. The number of hydrogen-bond acceptors (Lipinski definition) is 4. The fraction of sp³-hybridized carbons (Fsp3) is 0.533. The van der Waals surface area contributed by atoms with Gasteiger partial charge in [0.25, 0.3) is 0 Å². The summed E-state index contributed by atoms with van der Waals surface area (Å²) in [6.07, 6.45) is 4.13. The maximum atomic E-state index is 13.9. The van der Waals surface area contributed by atoms with Crippen LogP contribution in [0.3, 0.4) is 0 Å². The van der Waals surface area contributed by atoms with E-state index in [0.29, 0.717) is 25.3 Å². The Morgan fingerprint density at radius 3 is 2.39 bits per heavy atom. The molecule has 0 saturated carbocycles. The minimum atomic E-state index is -0.477. The van der Waals surface area contributed by atoms with Crippen LogP contribution in [0.5, 0.6) is 0 Å². The molecule has 36 heavy (non-hydrogen) atoms. The lowest BCUT2D eigenvalue weighted by atomic mass is 9.99. The Hall–Kier alpha value is -2.70. The zero-order valence-electron chi connectivity index (χ0n) is 22.0. The molecule has 0 aromatic heterocycles. The monoisotopic (exact) mass is 490 g/mol. The fourth-order valence-corrected chi connectivity index (χ4v) is 5.85. The van der Waals surface area contributed by atoms with E-state index < -0.39 is 6.04 Å². The van der Waals surface area contributed by atoms with Crippen LogP contribution < -0.4 is 11.1 Å². The number of hydrogen-bond donors (Lipinski definition) is 2. The van der Waals surface area contributed by atoms with Gasteiger partial charge < -0.3 is 16.0 Å². The molecule has 2 heterocycles. The Morgan fingerprint density at radius 1 is 1.06 bits per heavy atom. The summed E-state index contributed by atoms with van der Waals surface area (Å²) >= 11 is 0. The summed E-state index contributed by atoms with van der Waals surface area (Å²) in [5.41, 5.74) is 8.75. The largest absolute Gasteiger partial charge is 0.348 e. The van der Waals surface area contributed by atoms with Gasteiger partial charge >= 0.3 is 0 Å². The topological polar surface area (TPSA) is 78.7 Å². The first-order valence-electron chi connectivity index (χ1n) is 13.5. The summed E-state index contributed by atoms with van der Waals surface area (Å²) in [7, 11) is 0. The van der Waals surface area contributed by atoms with Crippen LogP contribution in [0.1, 0.15) is 63.6 Å². The van der Waals surface area contributed by atoms with E-state index in [2.05, 4.69) is 48.3 Å². The Bertz CT molecular complexity index is 997. The van der Waals surface area contributed by atoms with Crippen molar-refractivity contribution in [3.63, 3.8) is 0 Å². The maximum Gasteiger partial charge on any atom is 0.243 e. The number of carbonyl (C=O) groups is 2. The molecule has 2 fully saturated rings. The van der Waals surface area contributed by atoms with E-state index in [1.165, 1.54) is 5.56 Å². The van der Waals surface area contributed by atoms with Gasteiger partial charge in [0.15, 0.2) is 0 Å². The number of nitrogens with zero attached hydrogens (tertiary/aromatic N) is 2. The van der Waals surface area contributed by atoms with Crippen molar-refractivity contribution in [1.29, 1.82) is 0 Å². The number of rotatable bonds is 9. The molecule has 2 saturated heterocycles. The van der Waals surface area contributed by atoms with E-state index in [1.54, 1.807) is 0 Å². The molecule has 2 unspecified atom stereocenters. The molecule has 2 aliphatic rings. The quantitative estimate of drug-likeness (QED) is 0.559. The molecule has 0 bridgehead atoms. The predicted octanol–water partition coefficient (Wildman–Crippen LogP) is 3.91. The molecule has 0 spiro atoms. The molecule has 6 heteroatoms. The normalized spacial score (nSPS) is 24.3. The van der Waals surface area contributed by atoms with E-state index >= 15 is 0 Å². The SMILES string of the molecule is CC(C)C[C@H](C(=O)N[C@@H](C)c1ccccc1)N1CCC(CCc2ccccc2)N2CC(N)C[C@H]2C1=O. The zero-order chi connectivity index (χ0) is 25.7. The van der Waals surface area contributed by atoms with E-state index in [1.807, 2.05) is 48.2 Å². The molecule has 0 radical (unpaired) electrons. The number of aryl methyl sites for hydroxylation is 1. The molecule has 2 aromatic carbocycles. The first-order chi connectivity index (χ1) is 17.3. The van der Waals surface area contributed by atoms with Gasteiger partial charge in [0.2, 0.25) is 11.8 Å². The number of amides is 2. The smallest absolute Gasteiger partial charge is 0.243 e. The summed E-state index contributed by atoms with van der Waals surface area (Å²) in [5.74, 6) is 0.294. The Labute approximate surface area is 216 Å². The number of fused-ring (bicyclic) bond motifs is 1. The highest BCUT2D eigenvalue weighted by Crippen LogP contribution is 2.30. The van der Waals surface area contributed by atoms with Crippen LogP contribution in [-0.2, 0) is 16.0 Å². The number of carbonyl (C=O) groups excluding carboxylic acids is 2. The van der Waals surface area contributed by atoms with Gasteiger partial charge in [0, 0.05) is 25.2 Å². The van der Waals surface area contributed by atoms with Crippen molar-refractivity contribution >= 4 is 11.8 Å². The van der Waals surface area contributed by atoms with Gasteiger partial charge in [-0.1, -0.05) is 74.5 Å². The Balaban J connectivity index is 1.52. The highest BCUT2D eigenvalue weighted by molar-refractivity contribution is 5.90. The average molecular weight is 491 g/mol. The second-order valence-corrected chi connectivity index (χ2v) is 11.0. The van der Waals surface area contributed by atoms with Crippen molar-refractivity contribution in [2.75, 3.05) is 13.1 Å². The number of nitrogens with two attached hydrogens (primary N) is 1. The highest BCUT2D eigenvalue weighted by Gasteiger charge is 2.45. The number of nitrogens with one attached hydrogen (secondary N) is 1. The Morgan fingerprint density at radius 2 is 1.72 bits per heavy atom. The van der Waals surface area contributed by atoms with Crippen LogP contribution in [0.15, 0.2) is 60.7 Å². The molecule has 2 aliphatic heterocycles. The predicted molar refractivity (Wildman–Crippen MR) is 144 cm³/mol. The molecular formula is C30H42N4O2. The fourth-order valence-electron chi connectivity index (χ4n) is 5.85. The summed E-state index contributed by atoms with van der Waals surface area (Å²) < 4.78 is 0. The first kappa shape index (κ1) is 26.4. The van der Waals surface area contributed by atoms with Gasteiger partial charge in [0.1, 0.15) is 6.04 Å². The summed E-state index contributed by atoms with van der Waals surface area (Å²) in [6.45, 7) is 7.58. The third kappa shape index (κ3) is 6.34. The molecule has 2 aromatic rings. The lowest BCUT2D eigenvalue weighted by Crippen LogP contribution is -2.54. The van der Waals surface area contributed by atoms with Gasteiger partial charge in [-0.3, -0.25) is 14.5 Å². The summed E-state index contributed by atoms with van der Waals surface area (Å²) in [4.78, 5) is 31.8. The zero-order valence-corrected chi connectivity index (χ0v) is 22.0. The van der Waals surface area contributed by atoms with Crippen LogP contribution in [-0.4, -0.2) is 58.9 Å². The molecule has 3 N–H and O–H groups in total. The van der Waals surface area contributed by atoms with Crippen molar-refractivity contribution in [1.82, 2.24) is 15.1 Å². The molecule has 0 aliphatic carbocycles. The van der Waals surface area contributed by atoms with Crippen LogP contribution >= 0.6 is 0 Å². The van der Waals surface area contributed by atoms with E-state index in [9.17, 15) is 9.59 Å². The molecule has 194 valence electrons. The van der Waals surface area contributed by atoms with Gasteiger partial charge in [-0.05, 0) is 56.1 Å². The van der Waals surface area contributed by atoms with Crippen LogP contribution in [0.2, 0.25) is 0 Å². The van der Waals surface area contributed by atoms with Gasteiger partial charge in [-0.15, -0.1) is 0 Å². The standard InChI is InChI=1S/C30H42N4O2/c1-21(2)18-27(29(35)32-22(3)24-12-8-5-9-13-24)33-17-16-26(15-14-23-10-6-4-7-11-23)34-20-25(31)19-28(34)30(33)36/h4-13,21-22,25-28H,14-20,31H2,1-3H3,(H,32,35)/t22-,25?,26?,27+,28-/m0/s1. The van der Waals surface area contributed by atoms with Crippen molar-refractivity contribution in [3.8, 4) is 0 Å². The minimum Gasteiger partial charge on any atom is -0.348 e. The van der Waals surface area contributed by atoms with Crippen LogP contribution in [0, 0.1) is 5.92 Å². The average Bonchev–Trinajstić information content (AvgIpc) is 3.21. The van der Waals surface area contributed by atoms with Crippen LogP contribution in [0.25, 0.3) is 0 Å². The van der Waals surface area contributed by atoms with Crippen molar-refractivity contribution in [2.24, 2.45) is 11.7 Å². The Kier molecular flexibility index (Phi) is 8.81. The van der Waals surface area contributed by atoms with Crippen molar-refractivity contribution in [3.05, 3.63) is 71.8 Å². The number of benzene rings is 2. The van der Waals surface area contributed by atoms with Gasteiger partial charge in [-0.2, -0.15) is 0 Å². The lowest BCUT2D eigenvalue weighted by Gasteiger charge is -2.34. The third-order valence-corrected chi connectivity index (χ3v) is 7.75. The van der Waals surface area contributed by atoms with E-state index in [4.69, 9.17) is 5.73 Å². The van der Waals surface area contributed by atoms with E-state index in [0.717, 1.165) is 31.4 Å². The minimum absolute atomic E-state index is 0.00592. The van der Waals surface area contributed by atoms with Crippen molar-refractivity contribution in [2.45, 2.75) is 83.1 Å². The van der Waals surface area contributed by atoms with Gasteiger partial charge in [-0.25, -0.2) is 0 Å². The van der Waals surface area contributed by atoms with Crippen LogP contribution in [0.4, 0.5) is 0 Å². The molecule has 5 atom stereocenters. The molecule has 2 amide bonds.